The molecule has 0 aliphatic heterocycles. The Bertz CT molecular complexity index is 1740. The van der Waals surface area contributed by atoms with Crippen molar-refractivity contribution < 1.29 is 33.4 Å². The first-order valence-electron chi connectivity index (χ1n) is 13.7. The number of hydrogen-bond acceptors (Lipinski definition) is 7. The van der Waals surface area contributed by atoms with Crippen molar-refractivity contribution in [2.24, 2.45) is 0 Å². The lowest BCUT2D eigenvalue weighted by molar-refractivity contribution is 0.0732. The number of aryl methyl sites for hydroxylation is 2. The molecule has 0 heterocycles. The molecule has 1 atom stereocenters. The lowest BCUT2D eigenvalue weighted by Gasteiger charge is -2.17. The highest BCUT2D eigenvalue weighted by Gasteiger charge is 2.25. The largest absolute Gasteiger partial charge is 0.423 e. The van der Waals surface area contributed by atoms with E-state index < -0.39 is 26.5 Å². The van der Waals surface area contributed by atoms with Gasteiger partial charge >= 0.3 is 17.9 Å². The third kappa shape index (κ3) is 7.14. The molecule has 0 spiro atoms. The fraction of sp³-hybridized carbons (Fsp3) is 0.0556. The topological polar surface area (TPSA) is 96.0 Å². The van der Waals surface area contributed by atoms with E-state index in [9.17, 15) is 19.2 Å². The van der Waals surface area contributed by atoms with Gasteiger partial charge in [-0.1, -0.05) is 72.8 Å². The zero-order valence-electron chi connectivity index (χ0n) is 23.9. The van der Waals surface area contributed by atoms with Gasteiger partial charge in [0.25, 0.3) is 0 Å². The van der Waals surface area contributed by atoms with Crippen LogP contribution in [-0.4, -0.2) is 23.4 Å². The lowest BCUT2D eigenvalue weighted by Crippen LogP contribution is -2.19. The van der Waals surface area contributed by atoms with E-state index >= 15 is 0 Å². The Morgan fingerprint density at radius 2 is 0.886 bits per heavy atom. The fourth-order valence-electron chi connectivity index (χ4n) is 4.46. The second-order valence-corrected chi connectivity index (χ2v) is 11.0. The van der Waals surface area contributed by atoms with Crippen molar-refractivity contribution in [3.63, 3.8) is 0 Å². The molecule has 218 valence electrons. The minimum Gasteiger partial charge on any atom is -0.423 e. The SMILES string of the molecule is Cc1cccc(C)c1C(=O)Pc1c(OC(=O)c2ccccc2)cc(OC(=O)c2ccccc2)cc1OC(=O)c1ccccc1. The summed E-state index contributed by atoms with van der Waals surface area (Å²) in [6.45, 7) is 3.67. The summed E-state index contributed by atoms with van der Waals surface area (Å²) in [4.78, 5) is 53.2. The Labute approximate surface area is 256 Å². The molecular weight excluding hydrogens is 575 g/mol. The smallest absolute Gasteiger partial charge is 0.343 e. The van der Waals surface area contributed by atoms with Crippen LogP contribution in [0.1, 0.15) is 52.6 Å². The van der Waals surface area contributed by atoms with Gasteiger partial charge in [0.15, 0.2) is 5.52 Å². The molecule has 5 rings (SSSR count). The van der Waals surface area contributed by atoms with Crippen LogP contribution in [0.25, 0.3) is 0 Å². The molecule has 0 bridgehead atoms. The van der Waals surface area contributed by atoms with Gasteiger partial charge in [-0.25, -0.2) is 14.4 Å². The van der Waals surface area contributed by atoms with Crippen molar-refractivity contribution in [1.29, 1.82) is 0 Å². The van der Waals surface area contributed by atoms with Gasteiger partial charge in [0.1, 0.15) is 17.2 Å². The normalized spacial score (nSPS) is 10.8. The molecule has 0 saturated heterocycles. The summed E-state index contributed by atoms with van der Waals surface area (Å²) in [5.74, 6) is -2.28. The fourth-order valence-corrected chi connectivity index (χ4v) is 5.70. The lowest BCUT2D eigenvalue weighted by atomic mass is 10.0. The minimum absolute atomic E-state index is 0.0429. The third-order valence-electron chi connectivity index (χ3n) is 6.63. The molecule has 0 amide bonds. The quantitative estimate of drug-likeness (QED) is 0.101. The molecule has 8 heteroatoms. The van der Waals surface area contributed by atoms with Gasteiger partial charge in [-0.3, -0.25) is 4.79 Å². The average molecular weight is 603 g/mol. The molecular formula is C36H27O7P. The van der Waals surface area contributed by atoms with Crippen LogP contribution in [0.4, 0.5) is 0 Å². The van der Waals surface area contributed by atoms with E-state index in [2.05, 4.69) is 0 Å². The first kappa shape index (κ1) is 30.1. The second kappa shape index (κ2) is 13.7. The van der Waals surface area contributed by atoms with Crippen molar-refractivity contribution in [2.45, 2.75) is 13.8 Å². The number of carbonyl (C=O) groups excluding carboxylic acids is 4. The number of esters is 3. The first-order valence-corrected chi connectivity index (χ1v) is 14.7. The summed E-state index contributed by atoms with van der Waals surface area (Å²) in [6, 6.07) is 33.2. The average Bonchev–Trinajstić information content (AvgIpc) is 3.03. The van der Waals surface area contributed by atoms with E-state index in [-0.39, 0.29) is 44.8 Å². The highest BCUT2D eigenvalue weighted by Crippen LogP contribution is 2.36. The Morgan fingerprint density at radius 1 is 0.500 bits per heavy atom. The predicted octanol–water partition coefficient (Wildman–Crippen LogP) is 7.11. The van der Waals surface area contributed by atoms with E-state index in [1.807, 2.05) is 32.0 Å². The maximum atomic E-state index is 13.8. The predicted molar refractivity (Wildman–Crippen MR) is 169 cm³/mol. The van der Waals surface area contributed by atoms with Crippen LogP contribution in [0.5, 0.6) is 17.2 Å². The van der Waals surface area contributed by atoms with Gasteiger partial charge in [-0.2, -0.15) is 0 Å². The summed E-state index contributed by atoms with van der Waals surface area (Å²) in [7, 11) is -0.608. The van der Waals surface area contributed by atoms with Gasteiger partial charge in [-0.15, -0.1) is 0 Å². The van der Waals surface area contributed by atoms with Crippen LogP contribution >= 0.6 is 8.58 Å². The van der Waals surface area contributed by atoms with E-state index in [0.717, 1.165) is 11.1 Å². The molecule has 0 aromatic heterocycles. The molecule has 5 aromatic carbocycles. The highest BCUT2D eigenvalue weighted by atomic mass is 31.1. The van der Waals surface area contributed by atoms with Crippen molar-refractivity contribution in [3.05, 3.63) is 155 Å². The molecule has 7 nitrogen and oxygen atoms in total. The molecule has 0 aliphatic carbocycles. The maximum Gasteiger partial charge on any atom is 0.343 e. The van der Waals surface area contributed by atoms with Crippen LogP contribution in [0.15, 0.2) is 121 Å². The van der Waals surface area contributed by atoms with Crippen LogP contribution in [0, 0.1) is 13.8 Å². The number of carbonyl (C=O) groups is 4. The minimum atomic E-state index is -0.706. The van der Waals surface area contributed by atoms with Gasteiger partial charge in [-0.05, 0) is 70.0 Å². The molecule has 0 radical (unpaired) electrons. The van der Waals surface area contributed by atoms with Crippen LogP contribution < -0.4 is 19.5 Å². The molecule has 1 unspecified atom stereocenters. The van der Waals surface area contributed by atoms with Gasteiger partial charge in [0.2, 0.25) is 0 Å². The van der Waals surface area contributed by atoms with E-state index in [1.165, 1.54) is 12.1 Å². The molecule has 0 saturated carbocycles. The number of benzene rings is 5. The molecule has 5 aromatic rings. The van der Waals surface area contributed by atoms with Crippen molar-refractivity contribution in [3.8, 4) is 17.2 Å². The van der Waals surface area contributed by atoms with E-state index in [0.29, 0.717) is 5.56 Å². The molecule has 0 N–H and O–H groups in total. The van der Waals surface area contributed by atoms with Gasteiger partial charge in [0.05, 0.1) is 22.0 Å². The Balaban J connectivity index is 1.62. The van der Waals surface area contributed by atoms with Crippen molar-refractivity contribution >= 4 is 37.3 Å². The van der Waals surface area contributed by atoms with Crippen LogP contribution in [0.2, 0.25) is 0 Å². The Morgan fingerprint density at radius 3 is 1.30 bits per heavy atom. The summed E-state index contributed by atoms with van der Waals surface area (Å²) >= 11 is 0. The highest BCUT2D eigenvalue weighted by molar-refractivity contribution is 7.66. The number of rotatable bonds is 9. The Hall–Kier alpha value is -5.39. The number of hydrogen-bond donors (Lipinski definition) is 0. The zero-order valence-corrected chi connectivity index (χ0v) is 24.9. The number of ether oxygens (including phenoxy) is 3. The maximum absolute atomic E-state index is 13.8. The van der Waals surface area contributed by atoms with Crippen molar-refractivity contribution in [2.75, 3.05) is 0 Å². The molecule has 44 heavy (non-hydrogen) atoms. The first-order chi connectivity index (χ1) is 21.3. The zero-order chi connectivity index (χ0) is 31.1. The van der Waals surface area contributed by atoms with E-state index in [1.54, 1.807) is 91.0 Å². The molecule has 0 fully saturated rings. The van der Waals surface area contributed by atoms with Gasteiger partial charge in [0, 0.05) is 17.7 Å². The summed E-state index contributed by atoms with van der Waals surface area (Å²) in [5, 5.41) is 0.172. The summed E-state index contributed by atoms with van der Waals surface area (Å²) in [6.07, 6.45) is 0. The van der Waals surface area contributed by atoms with E-state index in [4.69, 9.17) is 14.2 Å². The standard InChI is InChI=1S/C36H27O7P/c1-23-13-12-14-24(2)31(23)36(40)44-32-29(42-34(38)26-17-8-4-9-18-26)21-28(41-33(37)25-15-6-3-7-16-25)22-30(32)43-35(39)27-19-10-5-11-20-27/h3-22,44H,1-2H3. The monoisotopic (exact) mass is 602 g/mol. The summed E-state index contributed by atoms with van der Waals surface area (Å²) < 4.78 is 17.3. The molecule has 0 aliphatic rings. The third-order valence-corrected chi connectivity index (χ3v) is 7.85. The second-order valence-electron chi connectivity index (χ2n) is 9.78. The van der Waals surface area contributed by atoms with Crippen LogP contribution in [0.3, 0.4) is 0 Å². The Kier molecular flexibility index (Phi) is 9.38. The van der Waals surface area contributed by atoms with Crippen molar-refractivity contribution in [1.82, 2.24) is 0 Å². The van der Waals surface area contributed by atoms with Crippen LogP contribution in [-0.2, 0) is 0 Å². The van der Waals surface area contributed by atoms with Gasteiger partial charge < -0.3 is 14.2 Å². The summed E-state index contributed by atoms with van der Waals surface area (Å²) in [5.41, 5.74) is 2.64.